The van der Waals surface area contributed by atoms with E-state index in [2.05, 4.69) is 4.98 Å². The highest BCUT2D eigenvalue weighted by Crippen LogP contribution is 2.23. The van der Waals surface area contributed by atoms with Crippen molar-refractivity contribution in [3.05, 3.63) is 59.5 Å². The molecule has 0 saturated carbocycles. The van der Waals surface area contributed by atoms with E-state index in [9.17, 15) is 9.59 Å². The topological polar surface area (TPSA) is 61.2 Å². The first-order chi connectivity index (χ1) is 10.6. The van der Waals surface area contributed by atoms with Crippen molar-refractivity contribution in [1.82, 2.24) is 9.55 Å². The summed E-state index contributed by atoms with van der Waals surface area (Å²) in [6.45, 7) is 1.46. The Bertz CT molecular complexity index is 886. The number of rotatable bonds is 2. The fourth-order valence-electron chi connectivity index (χ4n) is 2.23. The van der Waals surface area contributed by atoms with E-state index in [1.807, 2.05) is 0 Å². The lowest BCUT2D eigenvalue weighted by Crippen LogP contribution is -2.09. The van der Waals surface area contributed by atoms with Crippen molar-refractivity contribution in [2.24, 2.45) is 0 Å². The summed E-state index contributed by atoms with van der Waals surface area (Å²) in [6.07, 6.45) is 4.49. The SMILES string of the molecule is CC(=O)n1ccc2c(C(=O)Oc3cncc(Cl)c3)cccc21. The average molecular weight is 315 g/mol. The van der Waals surface area contributed by atoms with Gasteiger partial charge in [-0.25, -0.2) is 4.79 Å². The van der Waals surface area contributed by atoms with Gasteiger partial charge >= 0.3 is 5.97 Å². The molecule has 0 atom stereocenters. The van der Waals surface area contributed by atoms with Crippen molar-refractivity contribution in [2.45, 2.75) is 6.92 Å². The molecule has 0 unspecified atom stereocenters. The summed E-state index contributed by atoms with van der Waals surface area (Å²) in [5.41, 5.74) is 1.03. The third-order valence-corrected chi connectivity index (χ3v) is 3.39. The number of hydrogen-bond donors (Lipinski definition) is 0. The van der Waals surface area contributed by atoms with E-state index < -0.39 is 5.97 Å². The number of carbonyl (C=O) groups excluding carboxylic acids is 2. The zero-order chi connectivity index (χ0) is 15.7. The quantitative estimate of drug-likeness (QED) is 0.678. The molecule has 0 aliphatic carbocycles. The lowest BCUT2D eigenvalue weighted by molar-refractivity contribution is 0.0735. The van der Waals surface area contributed by atoms with Crippen molar-refractivity contribution < 1.29 is 14.3 Å². The van der Waals surface area contributed by atoms with Gasteiger partial charge in [-0.05, 0) is 18.2 Å². The molecule has 0 saturated heterocycles. The van der Waals surface area contributed by atoms with Gasteiger partial charge in [0, 0.05) is 30.8 Å². The van der Waals surface area contributed by atoms with Gasteiger partial charge in [-0.15, -0.1) is 0 Å². The summed E-state index contributed by atoms with van der Waals surface area (Å²) >= 11 is 5.81. The van der Waals surface area contributed by atoms with Crippen LogP contribution in [-0.2, 0) is 0 Å². The maximum Gasteiger partial charge on any atom is 0.344 e. The third kappa shape index (κ3) is 2.58. The Morgan fingerprint density at radius 1 is 1.23 bits per heavy atom. The molecule has 5 nitrogen and oxygen atoms in total. The van der Waals surface area contributed by atoms with E-state index in [4.69, 9.17) is 16.3 Å². The van der Waals surface area contributed by atoms with Crippen molar-refractivity contribution in [2.75, 3.05) is 0 Å². The van der Waals surface area contributed by atoms with Crippen LogP contribution in [0.2, 0.25) is 5.02 Å². The van der Waals surface area contributed by atoms with Crippen LogP contribution in [0.4, 0.5) is 0 Å². The molecule has 110 valence electrons. The molecule has 0 aliphatic rings. The van der Waals surface area contributed by atoms with E-state index >= 15 is 0 Å². The van der Waals surface area contributed by atoms with Crippen molar-refractivity contribution in [1.29, 1.82) is 0 Å². The monoisotopic (exact) mass is 314 g/mol. The van der Waals surface area contributed by atoms with Gasteiger partial charge in [0.05, 0.1) is 22.3 Å². The summed E-state index contributed by atoms with van der Waals surface area (Å²) in [7, 11) is 0. The molecular weight excluding hydrogens is 304 g/mol. The van der Waals surface area contributed by atoms with Crippen LogP contribution in [0.3, 0.4) is 0 Å². The Kier molecular flexibility index (Phi) is 3.65. The Morgan fingerprint density at radius 2 is 2.05 bits per heavy atom. The Labute approximate surface area is 131 Å². The molecule has 2 aromatic heterocycles. The van der Waals surface area contributed by atoms with Gasteiger partial charge in [-0.1, -0.05) is 17.7 Å². The summed E-state index contributed by atoms with van der Waals surface area (Å²) in [5, 5.41) is 1.03. The number of ether oxygens (including phenoxy) is 1. The number of benzene rings is 1. The van der Waals surface area contributed by atoms with Crippen LogP contribution < -0.4 is 4.74 Å². The van der Waals surface area contributed by atoms with Crippen LogP contribution in [-0.4, -0.2) is 21.4 Å². The van der Waals surface area contributed by atoms with Crippen LogP contribution >= 0.6 is 11.6 Å². The summed E-state index contributed by atoms with van der Waals surface area (Å²) < 4.78 is 6.76. The molecule has 0 N–H and O–H groups in total. The van der Waals surface area contributed by atoms with Gasteiger partial charge in [0.15, 0.2) is 5.75 Å². The first-order valence-corrected chi connectivity index (χ1v) is 6.88. The second-order valence-electron chi connectivity index (χ2n) is 4.67. The first-order valence-electron chi connectivity index (χ1n) is 6.50. The zero-order valence-electron chi connectivity index (χ0n) is 11.6. The van der Waals surface area contributed by atoms with Gasteiger partial charge in [-0.3, -0.25) is 14.3 Å². The molecule has 0 aliphatic heterocycles. The first kappa shape index (κ1) is 14.3. The molecule has 2 heterocycles. The van der Waals surface area contributed by atoms with Gasteiger partial charge in [0.2, 0.25) is 5.91 Å². The summed E-state index contributed by atoms with van der Waals surface area (Å²) in [4.78, 5) is 27.7. The molecule has 6 heteroatoms. The molecule has 3 aromatic rings. The molecule has 1 aromatic carbocycles. The number of halogens is 1. The Morgan fingerprint density at radius 3 is 2.77 bits per heavy atom. The van der Waals surface area contributed by atoms with E-state index in [0.717, 1.165) is 0 Å². The predicted molar refractivity (Wildman–Crippen MR) is 82.4 cm³/mol. The minimum absolute atomic E-state index is 0.125. The molecule has 0 fully saturated rings. The standard InChI is InChI=1S/C16H11ClN2O3/c1-10(20)19-6-5-13-14(3-2-4-15(13)19)16(21)22-12-7-11(17)8-18-9-12/h2-9H,1H3. The Hall–Kier alpha value is -2.66. The predicted octanol–water partition coefficient (Wildman–Crippen LogP) is 3.57. The van der Waals surface area contributed by atoms with Crippen LogP contribution in [0.5, 0.6) is 5.75 Å². The maximum absolute atomic E-state index is 12.3. The van der Waals surface area contributed by atoms with Crippen LogP contribution in [0.15, 0.2) is 48.9 Å². The van der Waals surface area contributed by atoms with Crippen LogP contribution in [0, 0.1) is 0 Å². The number of hydrogen-bond acceptors (Lipinski definition) is 4. The highest BCUT2D eigenvalue weighted by Gasteiger charge is 2.15. The highest BCUT2D eigenvalue weighted by molar-refractivity contribution is 6.30. The minimum atomic E-state index is -0.532. The number of fused-ring (bicyclic) bond motifs is 1. The van der Waals surface area contributed by atoms with E-state index in [1.165, 1.54) is 30.0 Å². The van der Waals surface area contributed by atoms with Gasteiger partial charge in [0.1, 0.15) is 0 Å². The van der Waals surface area contributed by atoms with Gasteiger partial charge in [-0.2, -0.15) is 0 Å². The molecule has 0 bridgehead atoms. The van der Waals surface area contributed by atoms with E-state index in [0.29, 0.717) is 21.5 Å². The molecule has 0 radical (unpaired) electrons. The van der Waals surface area contributed by atoms with E-state index in [1.54, 1.807) is 30.5 Å². The number of nitrogens with zero attached hydrogens (tertiary/aromatic N) is 2. The molecular formula is C16H11ClN2O3. The largest absolute Gasteiger partial charge is 0.421 e. The molecule has 0 amide bonds. The second kappa shape index (κ2) is 5.61. The lowest BCUT2D eigenvalue weighted by Gasteiger charge is -2.06. The Balaban J connectivity index is 1.99. The molecule has 3 rings (SSSR count). The normalized spacial score (nSPS) is 10.6. The minimum Gasteiger partial charge on any atom is -0.421 e. The fraction of sp³-hybridized carbons (Fsp3) is 0.0625. The molecule has 22 heavy (non-hydrogen) atoms. The smallest absolute Gasteiger partial charge is 0.344 e. The lowest BCUT2D eigenvalue weighted by atomic mass is 10.1. The number of esters is 1. The fourth-order valence-corrected chi connectivity index (χ4v) is 2.39. The van der Waals surface area contributed by atoms with Gasteiger partial charge < -0.3 is 4.74 Å². The zero-order valence-corrected chi connectivity index (χ0v) is 12.4. The van der Waals surface area contributed by atoms with Crippen LogP contribution in [0.25, 0.3) is 10.9 Å². The van der Waals surface area contributed by atoms with E-state index in [-0.39, 0.29) is 11.7 Å². The van der Waals surface area contributed by atoms with Crippen molar-refractivity contribution in [3.63, 3.8) is 0 Å². The summed E-state index contributed by atoms with van der Waals surface area (Å²) in [5.74, 6) is -0.393. The average Bonchev–Trinajstić information content (AvgIpc) is 2.91. The molecule has 0 spiro atoms. The number of pyridine rings is 1. The van der Waals surface area contributed by atoms with Crippen molar-refractivity contribution >= 4 is 34.4 Å². The second-order valence-corrected chi connectivity index (χ2v) is 5.11. The van der Waals surface area contributed by atoms with Crippen molar-refractivity contribution in [3.8, 4) is 5.75 Å². The van der Waals surface area contributed by atoms with Gasteiger partial charge in [0.25, 0.3) is 0 Å². The third-order valence-electron chi connectivity index (χ3n) is 3.18. The maximum atomic E-state index is 12.3. The number of aromatic nitrogens is 2. The highest BCUT2D eigenvalue weighted by atomic mass is 35.5. The van der Waals surface area contributed by atoms with Crippen LogP contribution in [0.1, 0.15) is 22.1 Å². The summed E-state index contributed by atoms with van der Waals surface area (Å²) in [6, 6.07) is 8.34. The number of carbonyl (C=O) groups is 2.